The van der Waals surface area contributed by atoms with E-state index in [4.69, 9.17) is 38.5 Å². The Morgan fingerprint density at radius 3 is 2.53 bits per heavy atom. The molecular weight excluding hydrogens is 453 g/mol. The average molecular weight is 480 g/mol. The van der Waals surface area contributed by atoms with E-state index in [9.17, 15) is 9.59 Å². The van der Waals surface area contributed by atoms with Gasteiger partial charge in [0, 0.05) is 22.2 Å². The summed E-state index contributed by atoms with van der Waals surface area (Å²) in [6.07, 6.45) is -1.22. The lowest BCUT2D eigenvalue weighted by atomic mass is 9.71. The summed E-state index contributed by atoms with van der Waals surface area (Å²) in [7, 11) is 0. The number of hydrazine groups is 1. The average Bonchev–Trinajstić information content (AvgIpc) is 2.92. The number of alkyl carbamates (subject to hydrolysis) is 1. The quantitative estimate of drug-likeness (QED) is 0.363. The minimum Gasteiger partial charge on any atom is -0.444 e. The molecule has 0 aromatic heterocycles. The Morgan fingerprint density at radius 1 is 1.19 bits per heavy atom. The fourth-order valence-corrected chi connectivity index (χ4v) is 4.39. The van der Waals surface area contributed by atoms with Crippen LogP contribution in [-0.4, -0.2) is 36.9 Å². The summed E-state index contributed by atoms with van der Waals surface area (Å²) in [4.78, 5) is 25.5. The Labute approximate surface area is 197 Å². The van der Waals surface area contributed by atoms with Crippen molar-refractivity contribution in [2.45, 2.75) is 44.8 Å². The molecule has 1 aliphatic heterocycles. The molecule has 2 aromatic carbocycles. The highest BCUT2D eigenvalue weighted by Gasteiger charge is 2.56. The predicted molar refractivity (Wildman–Crippen MR) is 125 cm³/mol. The van der Waals surface area contributed by atoms with E-state index in [1.165, 1.54) is 0 Å². The Bertz CT molecular complexity index is 1020. The Kier molecular flexibility index (Phi) is 7.05. The molecule has 0 saturated carbocycles. The Hall–Kier alpha value is -2.32. The zero-order chi connectivity index (χ0) is 23.7. The van der Waals surface area contributed by atoms with Crippen LogP contribution in [0, 0.1) is 0 Å². The number of ether oxygens (including phenoxy) is 2. The molecule has 2 amide bonds. The van der Waals surface area contributed by atoms with Crippen molar-refractivity contribution in [1.82, 2.24) is 5.32 Å². The first kappa shape index (κ1) is 24.3. The van der Waals surface area contributed by atoms with E-state index in [1.807, 2.05) is 0 Å². The molecule has 2 atom stereocenters. The summed E-state index contributed by atoms with van der Waals surface area (Å²) in [5, 5.41) is 4.62. The van der Waals surface area contributed by atoms with Crippen LogP contribution in [0.3, 0.4) is 0 Å². The molecular formula is C23H27Cl2N3O4. The number of nitrogens with zero attached hydrogens (tertiary/aromatic N) is 1. The lowest BCUT2D eigenvalue weighted by molar-refractivity contribution is -0.126. The fourth-order valence-electron chi connectivity index (χ4n) is 3.93. The van der Waals surface area contributed by atoms with E-state index in [2.05, 4.69) is 5.32 Å². The highest BCUT2D eigenvalue weighted by atomic mass is 35.5. The lowest BCUT2D eigenvalue weighted by Crippen LogP contribution is -2.51. The third-order valence-electron chi connectivity index (χ3n) is 5.25. The van der Waals surface area contributed by atoms with Crippen molar-refractivity contribution >= 4 is 40.9 Å². The normalized spacial score (nSPS) is 19.0. The molecule has 7 nitrogen and oxygen atoms in total. The molecule has 2 unspecified atom stereocenters. The van der Waals surface area contributed by atoms with E-state index in [0.717, 1.165) is 5.01 Å². The summed E-state index contributed by atoms with van der Waals surface area (Å²) < 4.78 is 11.3. The third-order valence-corrected chi connectivity index (χ3v) is 5.81. The van der Waals surface area contributed by atoms with Crippen LogP contribution in [0.15, 0.2) is 42.5 Å². The molecule has 172 valence electrons. The van der Waals surface area contributed by atoms with Crippen LogP contribution < -0.4 is 16.2 Å². The maximum atomic E-state index is 13.6. The van der Waals surface area contributed by atoms with E-state index in [-0.39, 0.29) is 19.1 Å². The van der Waals surface area contributed by atoms with Crippen molar-refractivity contribution in [3.8, 4) is 0 Å². The first-order chi connectivity index (χ1) is 15.0. The minimum atomic E-state index is -1.31. The van der Waals surface area contributed by atoms with Gasteiger partial charge in [0.2, 0.25) is 0 Å². The molecule has 1 heterocycles. The summed E-state index contributed by atoms with van der Waals surface area (Å²) in [6, 6.07) is 12.2. The molecule has 2 aromatic rings. The molecule has 9 heteroatoms. The van der Waals surface area contributed by atoms with Gasteiger partial charge in [0.1, 0.15) is 11.0 Å². The highest BCUT2D eigenvalue weighted by Crippen LogP contribution is 2.50. The van der Waals surface area contributed by atoms with Gasteiger partial charge in [-0.25, -0.2) is 15.6 Å². The molecule has 0 saturated heterocycles. The second-order valence-electron chi connectivity index (χ2n) is 8.57. The smallest absolute Gasteiger partial charge is 0.407 e. The molecule has 1 aliphatic rings. The van der Waals surface area contributed by atoms with Gasteiger partial charge in [0.25, 0.3) is 5.91 Å². The third kappa shape index (κ3) is 4.57. The monoisotopic (exact) mass is 479 g/mol. The van der Waals surface area contributed by atoms with Gasteiger partial charge in [0.15, 0.2) is 0 Å². The van der Waals surface area contributed by atoms with Crippen molar-refractivity contribution in [3.05, 3.63) is 63.6 Å². The maximum Gasteiger partial charge on any atom is 0.407 e. The van der Waals surface area contributed by atoms with Gasteiger partial charge in [-0.3, -0.25) is 4.79 Å². The van der Waals surface area contributed by atoms with Crippen molar-refractivity contribution in [2.24, 2.45) is 5.84 Å². The van der Waals surface area contributed by atoms with E-state index in [0.29, 0.717) is 26.9 Å². The van der Waals surface area contributed by atoms with Crippen LogP contribution in [0.1, 0.15) is 38.8 Å². The van der Waals surface area contributed by atoms with Gasteiger partial charge in [-0.2, -0.15) is 0 Å². The number of anilines is 1. The van der Waals surface area contributed by atoms with Crippen LogP contribution in [0.4, 0.5) is 10.5 Å². The summed E-state index contributed by atoms with van der Waals surface area (Å²) in [5.74, 6) is 5.78. The minimum absolute atomic E-state index is 0.139. The molecule has 0 aliphatic carbocycles. The SMILES string of the molecule is CC(OCCNC(=O)OC(C)(C)C)C1(c2ccccc2Cl)C(=O)N(N)c2ccc(Cl)cc21. The summed E-state index contributed by atoms with van der Waals surface area (Å²) in [5.41, 5.74) is -0.203. The van der Waals surface area contributed by atoms with Gasteiger partial charge < -0.3 is 14.8 Å². The number of fused-ring (bicyclic) bond motifs is 1. The molecule has 3 rings (SSSR count). The maximum absolute atomic E-state index is 13.6. The lowest BCUT2D eigenvalue weighted by Gasteiger charge is -2.35. The van der Waals surface area contributed by atoms with Gasteiger partial charge in [0.05, 0.1) is 18.4 Å². The number of rotatable bonds is 6. The number of amides is 2. The second kappa shape index (κ2) is 9.27. The van der Waals surface area contributed by atoms with Crippen molar-refractivity contribution in [3.63, 3.8) is 0 Å². The van der Waals surface area contributed by atoms with E-state index < -0.39 is 23.2 Å². The number of nitrogens with one attached hydrogen (secondary N) is 1. The van der Waals surface area contributed by atoms with Crippen LogP contribution in [-0.2, 0) is 19.7 Å². The van der Waals surface area contributed by atoms with Crippen molar-refractivity contribution < 1.29 is 19.1 Å². The summed E-state index contributed by atoms with van der Waals surface area (Å²) >= 11 is 12.8. The van der Waals surface area contributed by atoms with Crippen molar-refractivity contribution in [2.75, 3.05) is 18.2 Å². The molecule has 32 heavy (non-hydrogen) atoms. The zero-order valence-electron chi connectivity index (χ0n) is 18.4. The number of benzene rings is 2. The van der Waals surface area contributed by atoms with Crippen LogP contribution >= 0.6 is 23.2 Å². The second-order valence-corrected chi connectivity index (χ2v) is 9.41. The van der Waals surface area contributed by atoms with Gasteiger partial charge in [-0.15, -0.1) is 0 Å². The number of nitrogens with two attached hydrogens (primary N) is 1. The highest BCUT2D eigenvalue weighted by molar-refractivity contribution is 6.32. The van der Waals surface area contributed by atoms with Crippen molar-refractivity contribution in [1.29, 1.82) is 0 Å². The largest absolute Gasteiger partial charge is 0.444 e. The number of hydrogen-bond donors (Lipinski definition) is 2. The predicted octanol–water partition coefficient (Wildman–Crippen LogP) is 4.43. The molecule has 0 radical (unpaired) electrons. The van der Waals surface area contributed by atoms with Crippen LogP contribution in [0.5, 0.6) is 0 Å². The summed E-state index contributed by atoms with van der Waals surface area (Å²) in [6.45, 7) is 7.46. The molecule has 3 N–H and O–H groups in total. The number of halogens is 2. The number of carbonyl (C=O) groups excluding carboxylic acids is 2. The molecule has 0 fully saturated rings. The Balaban J connectivity index is 1.91. The topological polar surface area (TPSA) is 93.9 Å². The van der Waals surface area contributed by atoms with Crippen LogP contribution in [0.2, 0.25) is 10.0 Å². The fraction of sp³-hybridized carbons (Fsp3) is 0.391. The zero-order valence-corrected chi connectivity index (χ0v) is 20.0. The van der Waals surface area contributed by atoms with E-state index >= 15 is 0 Å². The van der Waals surface area contributed by atoms with Gasteiger partial charge >= 0.3 is 6.09 Å². The van der Waals surface area contributed by atoms with Gasteiger partial charge in [-0.1, -0.05) is 41.4 Å². The number of carbonyl (C=O) groups is 2. The standard InChI is InChI=1S/C23H27Cl2N3O4/c1-14(31-12-11-27-21(30)32-22(2,3)4)23(16-7-5-6-8-18(16)25)17-13-15(24)9-10-19(17)28(26)20(23)29/h5-10,13-14H,11-12,26H2,1-4H3,(H,27,30). The molecule has 0 bridgehead atoms. The van der Waals surface area contributed by atoms with E-state index in [1.54, 1.807) is 70.2 Å². The van der Waals surface area contributed by atoms with Gasteiger partial charge in [-0.05, 0) is 57.5 Å². The Morgan fingerprint density at radius 2 is 1.88 bits per heavy atom. The first-order valence-corrected chi connectivity index (χ1v) is 11.0. The number of hydrogen-bond acceptors (Lipinski definition) is 5. The first-order valence-electron chi connectivity index (χ1n) is 10.2. The van der Waals surface area contributed by atoms with Crippen LogP contribution in [0.25, 0.3) is 0 Å². The molecule has 0 spiro atoms.